The third-order valence-electron chi connectivity index (χ3n) is 9.46. The average molecular weight is 713 g/mol. The second kappa shape index (κ2) is 14.3. The molecule has 0 bridgehead atoms. The number of carbonyl (C=O) groups excluding carboxylic acids is 1. The second-order valence-corrected chi connectivity index (χ2v) is 13.9. The van der Waals surface area contributed by atoms with Gasteiger partial charge in [0, 0.05) is 16.9 Å². The van der Waals surface area contributed by atoms with Crippen LogP contribution in [0.4, 0.5) is 5.69 Å². The van der Waals surface area contributed by atoms with Gasteiger partial charge in [0.15, 0.2) is 4.80 Å². The topological polar surface area (TPSA) is 77.6 Å². The van der Waals surface area contributed by atoms with E-state index in [-0.39, 0.29) is 11.5 Å². The lowest BCUT2D eigenvalue weighted by atomic mass is 9.95. The molecule has 0 aliphatic carbocycles. The van der Waals surface area contributed by atoms with Gasteiger partial charge in [-0.15, -0.1) is 0 Å². The quantitative estimate of drug-likeness (QED) is 0.172. The number of carbonyl (C=O) groups is 1. The number of aryl methyl sites for hydroxylation is 1. The lowest BCUT2D eigenvalue weighted by molar-refractivity contribution is -0.113. The average Bonchev–Trinajstić information content (AvgIpc) is 3.72. The Labute approximate surface area is 311 Å². The summed E-state index contributed by atoms with van der Waals surface area (Å²) < 4.78 is 9.87. The first-order chi connectivity index (χ1) is 25.9. The Bertz CT molecular complexity index is 2660. The number of ether oxygens (including phenoxy) is 1. The number of thiazole rings is 1. The number of hydrogen-bond acceptors (Lipinski definition) is 5. The van der Waals surface area contributed by atoms with Crippen molar-refractivity contribution in [3.8, 4) is 34.0 Å². The molecule has 1 aliphatic rings. The Morgan fingerprint density at radius 3 is 2.06 bits per heavy atom. The molecule has 8 heteroatoms. The van der Waals surface area contributed by atoms with Crippen molar-refractivity contribution < 1.29 is 9.53 Å². The van der Waals surface area contributed by atoms with E-state index in [2.05, 4.69) is 71.4 Å². The molecule has 1 amide bonds. The molecule has 0 saturated carbocycles. The van der Waals surface area contributed by atoms with Crippen LogP contribution < -0.4 is 24.9 Å². The molecule has 7 aromatic rings. The molecular formula is C45H36N4O3S. The number of nitrogens with one attached hydrogen (secondary N) is 1. The molecule has 1 atom stereocenters. The number of rotatable bonds is 8. The van der Waals surface area contributed by atoms with Crippen molar-refractivity contribution in [3.05, 3.63) is 193 Å². The van der Waals surface area contributed by atoms with Gasteiger partial charge in [-0.2, -0.15) is 0 Å². The minimum Gasteiger partial charge on any atom is -0.497 e. The highest BCUT2D eigenvalue weighted by Crippen LogP contribution is 2.37. The standard InChI is InChI=1S/C45H36N4O3S/c1-29-19-23-36(24-20-29)48-38(31-13-7-4-8-14-31)27-34(41(48)32-15-9-5-10-16-32)28-39-44(51)49-42(33-21-25-37(52-3)26-22-33)40(30(2)46-45(49)53-39)43(50)47-35-17-11-6-12-18-35/h4-28,42H,1-3H3,(H,47,50)/b39-28+/t42-/m0/s1. The number of fused-ring (bicyclic) bond motifs is 1. The molecular weight excluding hydrogens is 677 g/mol. The van der Waals surface area contributed by atoms with Crippen LogP contribution in [0.5, 0.6) is 5.75 Å². The number of aromatic nitrogens is 2. The van der Waals surface area contributed by atoms with Crippen LogP contribution in [-0.4, -0.2) is 22.2 Å². The van der Waals surface area contributed by atoms with Crippen molar-refractivity contribution in [1.29, 1.82) is 0 Å². The predicted molar refractivity (Wildman–Crippen MR) is 213 cm³/mol. The van der Waals surface area contributed by atoms with E-state index in [0.29, 0.717) is 32.0 Å². The first kappa shape index (κ1) is 33.6. The van der Waals surface area contributed by atoms with Gasteiger partial charge in [0.1, 0.15) is 5.75 Å². The van der Waals surface area contributed by atoms with Crippen molar-refractivity contribution in [2.24, 2.45) is 4.99 Å². The van der Waals surface area contributed by atoms with Crippen molar-refractivity contribution in [2.45, 2.75) is 19.9 Å². The lowest BCUT2D eigenvalue weighted by Crippen LogP contribution is -2.40. The number of methoxy groups -OCH3 is 1. The molecule has 0 unspecified atom stereocenters. The first-order valence-corrected chi connectivity index (χ1v) is 18.2. The summed E-state index contributed by atoms with van der Waals surface area (Å²) in [5, 5.41) is 3.03. The van der Waals surface area contributed by atoms with E-state index in [1.54, 1.807) is 11.7 Å². The first-order valence-electron chi connectivity index (χ1n) is 17.4. The predicted octanol–water partition coefficient (Wildman–Crippen LogP) is 8.32. The summed E-state index contributed by atoms with van der Waals surface area (Å²) >= 11 is 1.33. The molecule has 3 heterocycles. The molecule has 0 spiro atoms. The second-order valence-electron chi connectivity index (χ2n) is 12.9. The Balaban J connectivity index is 1.35. The van der Waals surface area contributed by atoms with Gasteiger partial charge in [-0.05, 0) is 79.1 Å². The number of anilines is 1. The Morgan fingerprint density at radius 1 is 0.792 bits per heavy atom. The number of nitrogens with zero attached hydrogens (tertiary/aromatic N) is 3. The van der Waals surface area contributed by atoms with E-state index in [0.717, 1.165) is 39.3 Å². The molecule has 7 nitrogen and oxygen atoms in total. The maximum atomic E-state index is 14.8. The van der Waals surface area contributed by atoms with Crippen molar-refractivity contribution in [2.75, 3.05) is 12.4 Å². The van der Waals surface area contributed by atoms with Gasteiger partial charge >= 0.3 is 0 Å². The molecule has 1 aliphatic heterocycles. The smallest absolute Gasteiger partial charge is 0.271 e. The largest absolute Gasteiger partial charge is 0.497 e. The zero-order valence-corrected chi connectivity index (χ0v) is 30.3. The molecule has 0 fully saturated rings. The summed E-state index contributed by atoms with van der Waals surface area (Å²) in [5.74, 6) is 0.361. The fraction of sp³-hybridized carbons (Fsp3) is 0.0889. The molecule has 260 valence electrons. The van der Waals surface area contributed by atoms with Crippen LogP contribution in [-0.2, 0) is 4.79 Å². The number of allylic oxidation sites excluding steroid dienone is 1. The number of benzene rings is 5. The highest BCUT2D eigenvalue weighted by Gasteiger charge is 2.33. The third kappa shape index (κ3) is 6.45. The summed E-state index contributed by atoms with van der Waals surface area (Å²) in [6.45, 7) is 3.91. The highest BCUT2D eigenvalue weighted by atomic mass is 32.1. The van der Waals surface area contributed by atoms with Crippen LogP contribution in [0.3, 0.4) is 0 Å². The zero-order chi connectivity index (χ0) is 36.5. The van der Waals surface area contributed by atoms with Crippen LogP contribution in [0.2, 0.25) is 0 Å². The van der Waals surface area contributed by atoms with Gasteiger partial charge in [-0.1, -0.05) is 120 Å². The summed E-state index contributed by atoms with van der Waals surface area (Å²) in [6, 6.07) is 47.3. The van der Waals surface area contributed by atoms with E-state index in [9.17, 15) is 9.59 Å². The normalized spacial score (nSPS) is 14.1. The molecule has 5 aromatic carbocycles. The van der Waals surface area contributed by atoms with Crippen LogP contribution in [0, 0.1) is 6.92 Å². The van der Waals surface area contributed by atoms with E-state index >= 15 is 0 Å². The molecule has 2 aromatic heterocycles. The summed E-state index contributed by atoms with van der Waals surface area (Å²) in [7, 11) is 1.61. The Hall–Kier alpha value is -6.51. The minimum absolute atomic E-state index is 0.226. The number of hydrogen-bond donors (Lipinski definition) is 1. The fourth-order valence-electron chi connectivity index (χ4n) is 6.89. The Morgan fingerprint density at radius 2 is 1.42 bits per heavy atom. The number of amides is 1. The van der Waals surface area contributed by atoms with E-state index in [4.69, 9.17) is 9.73 Å². The third-order valence-corrected chi connectivity index (χ3v) is 10.4. The molecule has 0 saturated heterocycles. The van der Waals surface area contributed by atoms with Gasteiger partial charge in [-0.3, -0.25) is 14.2 Å². The molecule has 53 heavy (non-hydrogen) atoms. The SMILES string of the molecule is COc1ccc([C@H]2C(C(=O)Nc3ccccc3)=C(C)N=c3s/c(=C/c4cc(-c5ccccc5)n(-c5ccc(C)cc5)c4-c4ccccc4)c(=O)n32)cc1. The summed E-state index contributed by atoms with van der Waals surface area (Å²) in [6.07, 6.45) is 1.97. The maximum absolute atomic E-state index is 14.8. The Kier molecular flexibility index (Phi) is 9.04. The highest BCUT2D eigenvalue weighted by molar-refractivity contribution is 7.07. The van der Waals surface area contributed by atoms with Gasteiger partial charge < -0.3 is 14.6 Å². The van der Waals surface area contributed by atoms with E-state index in [1.165, 1.54) is 16.9 Å². The van der Waals surface area contributed by atoms with E-state index in [1.807, 2.05) is 104 Å². The van der Waals surface area contributed by atoms with Gasteiger partial charge in [0.25, 0.3) is 11.5 Å². The van der Waals surface area contributed by atoms with Crippen LogP contribution in [0.25, 0.3) is 34.3 Å². The van der Waals surface area contributed by atoms with Crippen molar-refractivity contribution in [1.82, 2.24) is 9.13 Å². The molecule has 1 N–H and O–H groups in total. The van der Waals surface area contributed by atoms with Crippen molar-refractivity contribution in [3.63, 3.8) is 0 Å². The zero-order valence-electron chi connectivity index (χ0n) is 29.5. The van der Waals surface area contributed by atoms with Gasteiger partial charge in [0.2, 0.25) is 0 Å². The minimum atomic E-state index is -0.714. The molecule has 0 radical (unpaired) electrons. The maximum Gasteiger partial charge on any atom is 0.271 e. The van der Waals surface area contributed by atoms with Crippen LogP contribution in [0.15, 0.2) is 167 Å². The molecule has 8 rings (SSSR count). The lowest BCUT2D eigenvalue weighted by Gasteiger charge is -2.25. The summed E-state index contributed by atoms with van der Waals surface area (Å²) in [4.78, 5) is 34.2. The monoisotopic (exact) mass is 712 g/mol. The summed E-state index contributed by atoms with van der Waals surface area (Å²) in [5.41, 5.74) is 9.25. The van der Waals surface area contributed by atoms with Gasteiger partial charge in [-0.25, -0.2) is 4.99 Å². The van der Waals surface area contributed by atoms with Crippen LogP contribution in [0.1, 0.15) is 29.7 Å². The van der Waals surface area contributed by atoms with Crippen molar-refractivity contribution >= 4 is 29.0 Å². The van der Waals surface area contributed by atoms with Gasteiger partial charge in [0.05, 0.1) is 40.3 Å². The van der Waals surface area contributed by atoms with E-state index < -0.39 is 6.04 Å². The fourth-order valence-corrected chi connectivity index (χ4v) is 7.93. The number of para-hydroxylation sites is 1. The van der Waals surface area contributed by atoms with Crippen LogP contribution >= 0.6 is 11.3 Å².